The molecule has 2 amide bonds. The first-order valence-electron chi connectivity index (χ1n) is 7.82. The average molecular weight is 362 g/mol. The van der Waals surface area contributed by atoms with Crippen molar-refractivity contribution in [2.45, 2.75) is 6.92 Å². The van der Waals surface area contributed by atoms with Crippen LogP contribution in [0.5, 0.6) is 5.75 Å². The number of morpholine rings is 1. The van der Waals surface area contributed by atoms with Crippen LogP contribution in [0.1, 0.15) is 15.4 Å². The van der Waals surface area contributed by atoms with Crippen LogP contribution >= 0.6 is 11.5 Å². The van der Waals surface area contributed by atoms with Crippen LogP contribution in [0.25, 0.3) is 0 Å². The van der Waals surface area contributed by atoms with Crippen molar-refractivity contribution in [3.05, 3.63) is 34.8 Å². The number of rotatable bonds is 5. The van der Waals surface area contributed by atoms with E-state index in [1.807, 2.05) is 0 Å². The first kappa shape index (κ1) is 17.3. The molecule has 1 saturated heterocycles. The highest BCUT2D eigenvalue weighted by atomic mass is 32.1. The monoisotopic (exact) mass is 362 g/mol. The lowest BCUT2D eigenvalue weighted by Gasteiger charge is -2.26. The summed E-state index contributed by atoms with van der Waals surface area (Å²) in [5, 5.41) is 6.59. The number of aryl methyl sites for hydroxylation is 1. The van der Waals surface area contributed by atoms with E-state index in [4.69, 9.17) is 9.47 Å². The molecule has 1 fully saturated rings. The minimum Gasteiger partial charge on any atom is -0.484 e. The van der Waals surface area contributed by atoms with Gasteiger partial charge in [0.05, 0.1) is 18.9 Å². The fourth-order valence-electron chi connectivity index (χ4n) is 2.31. The van der Waals surface area contributed by atoms with Gasteiger partial charge < -0.3 is 19.7 Å². The second kappa shape index (κ2) is 8.04. The van der Waals surface area contributed by atoms with Crippen LogP contribution in [0.4, 0.5) is 5.69 Å². The summed E-state index contributed by atoms with van der Waals surface area (Å²) in [5.74, 6) is 0.257. The quantitative estimate of drug-likeness (QED) is 0.863. The number of aromatic nitrogens is 2. The number of carbonyl (C=O) groups is 2. The van der Waals surface area contributed by atoms with Gasteiger partial charge in [-0.15, -0.1) is 5.10 Å². The number of nitrogens with zero attached hydrogens (tertiary/aromatic N) is 3. The van der Waals surface area contributed by atoms with Crippen molar-refractivity contribution in [3.63, 3.8) is 0 Å². The molecule has 0 atom stereocenters. The van der Waals surface area contributed by atoms with E-state index in [0.717, 1.165) is 11.5 Å². The number of hydrogen-bond acceptors (Lipinski definition) is 7. The number of anilines is 1. The molecule has 132 valence electrons. The van der Waals surface area contributed by atoms with Gasteiger partial charge >= 0.3 is 0 Å². The van der Waals surface area contributed by atoms with Crippen LogP contribution in [-0.4, -0.2) is 59.2 Å². The van der Waals surface area contributed by atoms with Gasteiger partial charge in [-0.05, 0) is 42.7 Å². The molecule has 0 spiro atoms. The van der Waals surface area contributed by atoms with Crippen LogP contribution in [0.2, 0.25) is 0 Å². The number of amides is 2. The van der Waals surface area contributed by atoms with Gasteiger partial charge in [-0.3, -0.25) is 9.59 Å². The third kappa shape index (κ3) is 4.52. The van der Waals surface area contributed by atoms with Crippen LogP contribution in [-0.2, 0) is 9.53 Å². The minimum atomic E-state index is -0.247. The molecule has 0 radical (unpaired) electrons. The lowest BCUT2D eigenvalue weighted by Crippen LogP contribution is -2.42. The molecule has 1 aromatic carbocycles. The summed E-state index contributed by atoms with van der Waals surface area (Å²) in [6, 6.07) is 6.85. The van der Waals surface area contributed by atoms with E-state index in [1.165, 1.54) is 0 Å². The van der Waals surface area contributed by atoms with Gasteiger partial charge in [-0.2, -0.15) is 0 Å². The zero-order valence-electron chi connectivity index (χ0n) is 13.7. The van der Waals surface area contributed by atoms with Gasteiger partial charge in [0.15, 0.2) is 6.61 Å². The minimum absolute atomic E-state index is 0.0164. The summed E-state index contributed by atoms with van der Waals surface area (Å²) >= 11 is 1.06. The summed E-state index contributed by atoms with van der Waals surface area (Å²) in [4.78, 5) is 26.3. The first-order valence-corrected chi connectivity index (χ1v) is 8.59. The predicted octanol–water partition coefficient (Wildman–Crippen LogP) is 1.34. The number of ether oxygens (including phenoxy) is 2. The number of carbonyl (C=O) groups excluding carboxylic acids is 2. The van der Waals surface area contributed by atoms with Gasteiger partial charge in [-0.25, -0.2) is 0 Å². The van der Waals surface area contributed by atoms with E-state index in [0.29, 0.717) is 48.3 Å². The Bertz CT molecular complexity index is 741. The molecule has 1 aliphatic rings. The lowest BCUT2D eigenvalue weighted by atomic mass is 10.3. The van der Waals surface area contributed by atoms with Crippen LogP contribution in [0.3, 0.4) is 0 Å². The van der Waals surface area contributed by atoms with E-state index in [-0.39, 0.29) is 18.4 Å². The topological polar surface area (TPSA) is 93.7 Å². The van der Waals surface area contributed by atoms with Gasteiger partial charge in [0.1, 0.15) is 10.6 Å². The molecule has 0 bridgehead atoms. The highest BCUT2D eigenvalue weighted by Crippen LogP contribution is 2.18. The van der Waals surface area contributed by atoms with Crippen molar-refractivity contribution in [1.29, 1.82) is 0 Å². The maximum atomic E-state index is 12.1. The molecule has 1 aromatic heterocycles. The molecule has 8 nitrogen and oxygen atoms in total. The molecular formula is C16H18N4O4S. The zero-order chi connectivity index (χ0) is 17.6. The Morgan fingerprint density at radius 2 is 2.00 bits per heavy atom. The smallest absolute Gasteiger partial charge is 0.269 e. The van der Waals surface area contributed by atoms with Crippen LogP contribution in [0, 0.1) is 6.92 Å². The SMILES string of the molecule is Cc1nnsc1C(=O)Nc1ccc(OCC(=O)N2CCOCC2)cc1. The second-order valence-corrected chi connectivity index (χ2v) is 6.20. The summed E-state index contributed by atoms with van der Waals surface area (Å²) in [6.07, 6.45) is 0. The normalized spacial score (nSPS) is 14.2. The molecule has 2 heterocycles. The molecule has 0 unspecified atom stereocenters. The van der Waals surface area contributed by atoms with Crippen molar-refractivity contribution < 1.29 is 19.1 Å². The van der Waals surface area contributed by atoms with E-state index in [9.17, 15) is 9.59 Å². The molecule has 9 heteroatoms. The third-order valence-corrected chi connectivity index (χ3v) is 4.52. The predicted molar refractivity (Wildman–Crippen MR) is 91.9 cm³/mol. The Labute approximate surface area is 148 Å². The maximum absolute atomic E-state index is 12.1. The molecular weight excluding hydrogens is 344 g/mol. The van der Waals surface area contributed by atoms with E-state index >= 15 is 0 Å². The highest BCUT2D eigenvalue weighted by Gasteiger charge is 2.17. The highest BCUT2D eigenvalue weighted by molar-refractivity contribution is 7.08. The number of benzene rings is 1. The summed E-state index contributed by atoms with van der Waals surface area (Å²) in [7, 11) is 0. The Morgan fingerprint density at radius 1 is 1.28 bits per heavy atom. The van der Waals surface area contributed by atoms with Gasteiger partial charge in [0, 0.05) is 18.8 Å². The van der Waals surface area contributed by atoms with Crippen molar-refractivity contribution >= 4 is 29.0 Å². The fourth-order valence-corrected chi connectivity index (χ4v) is 2.86. The Kier molecular flexibility index (Phi) is 5.56. The molecule has 1 N–H and O–H groups in total. The van der Waals surface area contributed by atoms with Gasteiger partial charge in [0.25, 0.3) is 11.8 Å². The molecule has 25 heavy (non-hydrogen) atoms. The standard InChI is InChI=1S/C16H18N4O4S/c1-11-15(25-19-18-11)16(22)17-12-2-4-13(5-3-12)24-10-14(21)20-6-8-23-9-7-20/h2-5H,6-10H2,1H3,(H,17,22). The average Bonchev–Trinajstić information content (AvgIpc) is 3.08. The lowest BCUT2D eigenvalue weighted by molar-refractivity contribution is -0.137. The van der Waals surface area contributed by atoms with Crippen LogP contribution in [0.15, 0.2) is 24.3 Å². The largest absolute Gasteiger partial charge is 0.484 e. The van der Waals surface area contributed by atoms with Gasteiger partial charge in [-0.1, -0.05) is 4.49 Å². The summed E-state index contributed by atoms with van der Waals surface area (Å²) in [5.41, 5.74) is 1.23. The van der Waals surface area contributed by atoms with E-state index < -0.39 is 0 Å². The van der Waals surface area contributed by atoms with Crippen molar-refractivity contribution in [3.8, 4) is 5.75 Å². The summed E-state index contributed by atoms with van der Waals surface area (Å²) < 4.78 is 14.5. The maximum Gasteiger partial charge on any atom is 0.269 e. The van der Waals surface area contributed by atoms with Crippen molar-refractivity contribution in [2.24, 2.45) is 0 Å². The Balaban J connectivity index is 1.51. The first-order chi connectivity index (χ1) is 12.1. The fraction of sp³-hybridized carbons (Fsp3) is 0.375. The van der Waals surface area contributed by atoms with Crippen molar-refractivity contribution in [2.75, 3.05) is 38.2 Å². The third-order valence-electron chi connectivity index (χ3n) is 3.70. The molecule has 1 aliphatic heterocycles. The van der Waals surface area contributed by atoms with E-state index in [1.54, 1.807) is 36.1 Å². The summed E-state index contributed by atoms with van der Waals surface area (Å²) in [6.45, 7) is 4.04. The van der Waals surface area contributed by atoms with Gasteiger partial charge in [0.2, 0.25) is 0 Å². The number of nitrogens with one attached hydrogen (secondary N) is 1. The molecule has 0 saturated carbocycles. The van der Waals surface area contributed by atoms with E-state index in [2.05, 4.69) is 14.9 Å². The van der Waals surface area contributed by atoms with Crippen LogP contribution < -0.4 is 10.1 Å². The van der Waals surface area contributed by atoms with Crippen molar-refractivity contribution in [1.82, 2.24) is 14.5 Å². The molecule has 3 rings (SSSR count). The second-order valence-electron chi connectivity index (χ2n) is 5.45. The Morgan fingerprint density at radius 3 is 2.64 bits per heavy atom. The zero-order valence-corrected chi connectivity index (χ0v) is 14.5. The molecule has 2 aromatic rings. The Hall–Kier alpha value is -2.52. The number of hydrogen-bond donors (Lipinski definition) is 1. The molecule has 0 aliphatic carbocycles.